The van der Waals surface area contributed by atoms with Gasteiger partial charge in [-0.15, -0.1) is 0 Å². The molecule has 52 valence electrons. The van der Waals surface area contributed by atoms with Crippen molar-refractivity contribution in [1.82, 2.24) is 0 Å². The predicted octanol–water partition coefficient (Wildman–Crippen LogP) is 0.0353. The van der Waals surface area contributed by atoms with E-state index in [1.54, 1.807) is 0 Å². The summed E-state index contributed by atoms with van der Waals surface area (Å²) in [5, 5.41) is 0. The van der Waals surface area contributed by atoms with Gasteiger partial charge in [-0.1, -0.05) is 44.1 Å². The van der Waals surface area contributed by atoms with Crippen molar-refractivity contribution in [3.63, 3.8) is 0 Å². The summed E-state index contributed by atoms with van der Waals surface area (Å²) in [7, 11) is 0. The van der Waals surface area contributed by atoms with E-state index in [0.717, 1.165) is 5.92 Å². The van der Waals surface area contributed by atoms with Gasteiger partial charge in [0.25, 0.3) is 0 Å². The molecule has 0 aliphatic heterocycles. The molecule has 0 heterocycles. The molecule has 1 rings (SSSR count). The molecule has 0 unspecified atom stereocenters. The van der Waals surface area contributed by atoms with Crippen molar-refractivity contribution in [2.45, 2.75) is 26.2 Å². The topological polar surface area (TPSA) is 0 Å². The first kappa shape index (κ1) is 10.1. The summed E-state index contributed by atoms with van der Waals surface area (Å²) in [6.45, 7) is 2.24. The first-order valence-corrected chi connectivity index (χ1v) is 3.78. The van der Waals surface area contributed by atoms with Crippen LogP contribution >= 0.6 is 0 Å². The van der Waals surface area contributed by atoms with Gasteiger partial charge in [-0.25, -0.2) is 0 Å². The van der Waals surface area contributed by atoms with E-state index >= 15 is 0 Å². The minimum Gasteiger partial charge on any atom is -1.00 e. The Morgan fingerprint density at radius 2 is 1.90 bits per heavy atom. The summed E-state index contributed by atoms with van der Waals surface area (Å²) in [6.07, 6.45) is 12.8. The van der Waals surface area contributed by atoms with E-state index in [1.807, 2.05) is 0 Å². The van der Waals surface area contributed by atoms with Crippen LogP contribution in [0.1, 0.15) is 27.6 Å². The summed E-state index contributed by atoms with van der Waals surface area (Å²) in [4.78, 5) is 0. The molecule has 0 atom stereocenters. The van der Waals surface area contributed by atoms with Gasteiger partial charge >= 0.3 is 18.9 Å². The Labute approximate surface area is 77.1 Å². The van der Waals surface area contributed by atoms with Gasteiger partial charge in [0.15, 0.2) is 0 Å². The van der Waals surface area contributed by atoms with Crippen molar-refractivity contribution in [3.8, 4) is 0 Å². The molecule has 0 N–H and O–H groups in total. The molecule has 0 radical (unpaired) electrons. The Bertz CT molecular complexity index is 118. The largest absolute Gasteiger partial charge is 1.00 e. The molecule has 0 spiro atoms. The standard InChI is InChI=1S/C9H14.Li.H/c1-2-3-6-9-7-4-5-8-9;;/h4-5,7-9H,2-3,6H2,1H3;;/q;+1;-1. The molecule has 1 aliphatic carbocycles. The normalized spacial score (nSPS) is 15.7. The molecule has 0 aromatic heterocycles. The molecule has 0 fully saturated rings. The first-order chi connectivity index (χ1) is 4.43. The maximum atomic E-state index is 2.27. The maximum absolute atomic E-state index is 2.27. The van der Waals surface area contributed by atoms with Gasteiger partial charge in [0.2, 0.25) is 0 Å². The number of hydrogen-bond donors (Lipinski definition) is 0. The smallest absolute Gasteiger partial charge is 1.00 e. The molecule has 0 aromatic rings. The van der Waals surface area contributed by atoms with E-state index in [4.69, 9.17) is 0 Å². The Hall–Kier alpha value is 0.0774. The van der Waals surface area contributed by atoms with E-state index in [-0.39, 0.29) is 20.3 Å². The van der Waals surface area contributed by atoms with Crippen LogP contribution in [0.25, 0.3) is 0 Å². The Morgan fingerprint density at radius 3 is 2.40 bits per heavy atom. The van der Waals surface area contributed by atoms with Crippen molar-refractivity contribution in [2.24, 2.45) is 5.92 Å². The van der Waals surface area contributed by atoms with E-state index in [1.165, 1.54) is 19.3 Å². The van der Waals surface area contributed by atoms with Crippen molar-refractivity contribution in [2.75, 3.05) is 0 Å². The molecule has 0 nitrogen and oxygen atoms in total. The average Bonchev–Trinajstić information content (AvgIpc) is 2.34. The average molecular weight is 130 g/mol. The maximum Gasteiger partial charge on any atom is 1.00 e. The van der Waals surface area contributed by atoms with E-state index in [2.05, 4.69) is 31.2 Å². The molecule has 0 saturated heterocycles. The first-order valence-electron chi connectivity index (χ1n) is 3.78. The van der Waals surface area contributed by atoms with Crippen molar-refractivity contribution < 1.29 is 20.3 Å². The third kappa shape index (κ3) is 3.30. The van der Waals surface area contributed by atoms with Gasteiger partial charge < -0.3 is 1.43 Å². The molecule has 1 aliphatic rings. The molecular formula is C9H15Li. The third-order valence-electron chi connectivity index (χ3n) is 1.72. The van der Waals surface area contributed by atoms with Crippen LogP contribution < -0.4 is 18.9 Å². The zero-order valence-corrected chi connectivity index (χ0v) is 7.01. The minimum atomic E-state index is 0. The van der Waals surface area contributed by atoms with E-state index in [0.29, 0.717) is 0 Å². The quantitative estimate of drug-likeness (QED) is 0.473. The van der Waals surface area contributed by atoms with Crippen LogP contribution in [0, 0.1) is 5.92 Å². The number of unbranched alkanes of at least 4 members (excludes halogenated alkanes) is 1. The molecule has 1 heteroatoms. The Balaban J connectivity index is 0. The van der Waals surface area contributed by atoms with E-state index < -0.39 is 0 Å². The molecular weight excluding hydrogens is 115 g/mol. The van der Waals surface area contributed by atoms with Crippen LogP contribution in [0.2, 0.25) is 0 Å². The van der Waals surface area contributed by atoms with Crippen molar-refractivity contribution in [3.05, 3.63) is 24.3 Å². The fourth-order valence-electron chi connectivity index (χ4n) is 1.11. The summed E-state index contributed by atoms with van der Waals surface area (Å²) in [5.41, 5.74) is 0. The number of hydrogen-bond acceptors (Lipinski definition) is 0. The minimum absolute atomic E-state index is 0. The summed E-state index contributed by atoms with van der Waals surface area (Å²) < 4.78 is 0. The fourth-order valence-corrected chi connectivity index (χ4v) is 1.11. The van der Waals surface area contributed by atoms with Gasteiger partial charge in [0, 0.05) is 0 Å². The zero-order chi connectivity index (χ0) is 6.53. The van der Waals surface area contributed by atoms with Crippen molar-refractivity contribution >= 4 is 0 Å². The van der Waals surface area contributed by atoms with Crippen LogP contribution in [0.4, 0.5) is 0 Å². The molecule has 0 amide bonds. The summed E-state index contributed by atoms with van der Waals surface area (Å²) >= 11 is 0. The second kappa shape index (κ2) is 5.83. The Morgan fingerprint density at radius 1 is 1.30 bits per heavy atom. The summed E-state index contributed by atoms with van der Waals surface area (Å²) in [6, 6.07) is 0. The fraction of sp³-hybridized carbons (Fsp3) is 0.556. The van der Waals surface area contributed by atoms with Gasteiger partial charge in [-0.2, -0.15) is 0 Å². The second-order valence-corrected chi connectivity index (χ2v) is 2.58. The number of rotatable bonds is 3. The van der Waals surface area contributed by atoms with Gasteiger partial charge in [0.1, 0.15) is 0 Å². The van der Waals surface area contributed by atoms with Gasteiger partial charge in [-0.3, -0.25) is 0 Å². The van der Waals surface area contributed by atoms with Gasteiger partial charge in [0.05, 0.1) is 0 Å². The molecule has 0 bridgehead atoms. The molecule has 0 aromatic carbocycles. The van der Waals surface area contributed by atoms with Crippen LogP contribution in [0.15, 0.2) is 24.3 Å². The van der Waals surface area contributed by atoms with Gasteiger partial charge in [-0.05, 0) is 12.3 Å². The Kier molecular flexibility index (Phi) is 5.88. The predicted molar refractivity (Wildman–Crippen MR) is 42.4 cm³/mol. The van der Waals surface area contributed by atoms with E-state index in [9.17, 15) is 0 Å². The van der Waals surface area contributed by atoms with Crippen LogP contribution in [0.3, 0.4) is 0 Å². The molecule has 10 heavy (non-hydrogen) atoms. The van der Waals surface area contributed by atoms with Crippen LogP contribution in [-0.2, 0) is 0 Å². The van der Waals surface area contributed by atoms with Crippen molar-refractivity contribution in [1.29, 1.82) is 0 Å². The van der Waals surface area contributed by atoms with Crippen LogP contribution in [-0.4, -0.2) is 0 Å². The summed E-state index contributed by atoms with van der Waals surface area (Å²) in [5.74, 6) is 0.755. The monoisotopic (exact) mass is 130 g/mol. The van der Waals surface area contributed by atoms with Crippen LogP contribution in [0.5, 0.6) is 0 Å². The SMILES string of the molecule is CCCCC1C=CC=C1.[H-].[Li+]. The number of allylic oxidation sites excluding steroid dienone is 4. The second-order valence-electron chi connectivity index (χ2n) is 2.58. The zero-order valence-electron chi connectivity index (χ0n) is 8.01. The molecule has 0 saturated carbocycles. The third-order valence-corrected chi connectivity index (χ3v) is 1.72.